The van der Waals surface area contributed by atoms with Crippen LogP contribution in [-0.2, 0) is 4.79 Å². The van der Waals surface area contributed by atoms with Gasteiger partial charge in [-0.2, -0.15) is 0 Å². The number of halogens is 1. The van der Waals surface area contributed by atoms with E-state index < -0.39 is 0 Å². The summed E-state index contributed by atoms with van der Waals surface area (Å²) in [5.41, 5.74) is 0.837. The number of aliphatic imine (C=N–C) groups is 1. The molecule has 0 saturated heterocycles. The van der Waals surface area contributed by atoms with Crippen molar-refractivity contribution in [2.24, 2.45) is 4.99 Å². The highest BCUT2D eigenvalue weighted by Crippen LogP contribution is 2.27. The number of carbonyl (C=O) groups is 1. The average molecular weight is 281 g/mol. The summed E-state index contributed by atoms with van der Waals surface area (Å²) in [6.45, 7) is 5.94. The fourth-order valence-electron chi connectivity index (χ4n) is 1.45. The second-order valence-electron chi connectivity index (χ2n) is 3.59. The number of ether oxygens (including phenoxy) is 1. The van der Waals surface area contributed by atoms with Gasteiger partial charge in [0.15, 0.2) is 0 Å². The Morgan fingerprint density at radius 3 is 2.79 bits per heavy atom. The fourth-order valence-corrected chi connectivity index (χ4v) is 1.61. The van der Waals surface area contributed by atoms with Gasteiger partial charge in [-0.25, -0.2) is 0 Å². The zero-order chi connectivity index (χ0) is 14.3. The van der Waals surface area contributed by atoms with Crippen LogP contribution in [0.25, 0.3) is 0 Å². The first kappa shape index (κ1) is 15.2. The van der Waals surface area contributed by atoms with Crippen LogP contribution in [0.5, 0.6) is 5.75 Å². The number of anilines is 1. The molecule has 1 aromatic rings. The maximum Gasteiger partial charge on any atom is 0.273 e. The molecule has 5 heteroatoms. The molecule has 0 aliphatic rings. The fraction of sp³-hybridized carbons (Fsp3) is 0.286. The Hall–Kier alpha value is -1.81. The Balaban J connectivity index is 2.92. The molecule has 19 heavy (non-hydrogen) atoms. The number of nitrogens with one attached hydrogen (secondary N) is 1. The lowest BCUT2D eigenvalue weighted by Gasteiger charge is -2.10. The van der Waals surface area contributed by atoms with Crippen LogP contribution in [0.4, 0.5) is 5.69 Å². The van der Waals surface area contributed by atoms with Crippen molar-refractivity contribution in [2.45, 2.75) is 20.8 Å². The molecule has 1 rings (SSSR count). The highest BCUT2D eigenvalue weighted by molar-refractivity contribution is 6.34. The summed E-state index contributed by atoms with van der Waals surface area (Å²) < 4.78 is 5.36. The largest absolute Gasteiger partial charge is 0.494 e. The minimum Gasteiger partial charge on any atom is -0.494 e. The van der Waals surface area contributed by atoms with Gasteiger partial charge in [-0.1, -0.05) is 17.7 Å². The predicted octanol–water partition coefficient (Wildman–Crippen LogP) is 3.67. The van der Waals surface area contributed by atoms with Gasteiger partial charge in [-0.05, 0) is 32.9 Å². The second-order valence-corrected chi connectivity index (χ2v) is 4.00. The molecular weight excluding hydrogens is 264 g/mol. The maximum absolute atomic E-state index is 12.0. The first-order valence-electron chi connectivity index (χ1n) is 6.01. The molecule has 0 atom stereocenters. The van der Waals surface area contributed by atoms with Crippen molar-refractivity contribution in [3.63, 3.8) is 0 Å². The van der Waals surface area contributed by atoms with E-state index in [-0.39, 0.29) is 5.91 Å². The molecule has 0 aliphatic heterocycles. The van der Waals surface area contributed by atoms with E-state index in [1.54, 1.807) is 44.3 Å². The Kier molecular flexibility index (Phi) is 6.09. The second kappa shape index (κ2) is 7.59. The van der Waals surface area contributed by atoms with E-state index in [9.17, 15) is 4.79 Å². The van der Waals surface area contributed by atoms with Gasteiger partial charge in [-0.15, -0.1) is 0 Å². The van der Waals surface area contributed by atoms with Crippen LogP contribution in [-0.4, -0.2) is 18.7 Å². The number of rotatable bonds is 5. The number of amides is 1. The van der Waals surface area contributed by atoms with Crippen LogP contribution < -0.4 is 10.1 Å². The smallest absolute Gasteiger partial charge is 0.273 e. The van der Waals surface area contributed by atoms with Crippen molar-refractivity contribution in [3.05, 3.63) is 35.0 Å². The molecule has 0 aliphatic carbocycles. The summed E-state index contributed by atoms with van der Waals surface area (Å²) >= 11 is 6.04. The van der Waals surface area contributed by atoms with Crippen molar-refractivity contribution < 1.29 is 9.53 Å². The van der Waals surface area contributed by atoms with E-state index >= 15 is 0 Å². The van der Waals surface area contributed by atoms with Gasteiger partial charge in [0.25, 0.3) is 5.91 Å². The molecule has 0 aromatic heterocycles. The van der Waals surface area contributed by atoms with Gasteiger partial charge in [0.05, 0.1) is 17.3 Å². The van der Waals surface area contributed by atoms with Crippen LogP contribution in [0.1, 0.15) is 20.8 Å². The van der Waals surface area contributed by atoms with Gasteiger partial charge >= 0.3 is 0 Å². The van der Waals surface area contributed by atoms with E-state index in [4.69, 9.17) is 16.3 Å². The van der Waals surface area contributed by atoms with Crippen LogP contribution in [0.15, 0.2) is 35.0 Å². The zero-order valence-electron chi connectivity index (χ0n) is 11.2. The van der Waals surface area contributed by atoms with Gasteiger partial charge in [0.1, 0.15) is 11.4 Å². The normalized spacial score (nSPS) is 11.7. The molecule has 1 amide bonds. The van der Waals surface area contributed by atoms with Crippen molar-refractivity contribution in [1.82, 2.24) is 0 Å². The topological polar surface area (TPSA) is 50.7 Å². The molecule has 0 radical (unpaired) electrons. The predicted molar refractivity (Wildman–Crippen MR) is 79.2 cm³/mol. The Labute approximate surface area is 118 Å². The van der Waals surface area contributed by atoms with Crippen molar-refractivity contribution in [1.29, 1.82) is 0 Å². The summed E-state index contributed by atoms with van der Waals surface area (Å²) in [4.78, 5) is 15.9. The minimum atomic E-state index is -0.309. The third kappa shape index (κ3) is 4.41. The van der Waals surface area contributed by atoms with Crippen LogP contribution in [0.3, 0.4) is 0 Å². The lowest BCUT2D eigenvalue weighted by atomic mass is 10.3. The molecule has 0 spiro atoms. The first-order valence-corrected chi connectivity index (χ1v) is 6.38. The average Bonchev–Trinajstić information content (AvgIpc) is 2.40. The highest BCUT2D eigenvalue weighted by atomic mass is 35.5. The molecule has 0 bridgehead atoms. The van der Waals surface area contributed by atoms with Gasteiger partial charge in [0.2, 0.25) is 0 Å². The number of carbonyl (C=O) groups excluding carboxylic acids is 1. The molecule has 0 saturated carbocycles. The van der Waals surface area contributed by atoms with E-state index in [0.717, 1.165) is 0 Å². The van der Waals surface area contributed by atoms with E-state index in [1.807, 2.05) is 6.92 Å². The quantitative estimate of drug-likeness (QED) is 0.661. The Bertz CT molecular complexity index is 510. The van der Waals surface area contributed by atoms with E-state index in [1.165, 1.54) is 0 Å². The standard InChI is InChI=1S/C14H17ClN2O2/c1-4-12(16-5-2)14(18)17-13-9-10(19-6-3)7-8-11(13)15/h4-5,7-9H,6H2,1-3H3,(H,17,18)/b12-4-,16-5?. The van der Waals surface area contributed by atoms with Crippen LogP contribution in [0, 0.1) is 0 Å². The van der Waals surface area contributed by atoms with Crippen molar-refractivity contribution in [3.8, 4) is 5.75 Å². The third-order valence-corrected chi connectivity index (χ3v) is 2.60. The Morgan fingerprint density at radius 2 is 2.21 bits per heavy atom. The number of benzene rings is 1. The highest BCUT2D eigenvalue weighted by Gasteiger charge is 2.10. The summed E-state index contributed by atoms with van der Waals surface area (Å²) in [7, 11) is 0. The first-order chi connectivity index (χ1) is 9.12. The lowest BCUT2D eigenvalue weighted by Crippen LogP contribution is -2.13. The zero-order valence-corrected chi connectivity index (χ0v) is 12.0. The number of hydrogen-bond acceptors (Lipinski definition) is 3. The Morgan fingerprint density at radius 1 is 1.47 bits per heavy atom. The molecule has 0 unspecified atom stereocenters. The van der Waals surface area contributed by atoms with E-state index in [0.29, 0.717) is 28.8 Å². The van der Waals surface area contributed by atoms with Gasteiger partial charge in [-0.3, -0.25) is 9.79 Å². The monoisotopic (exact) mass is 280 g/mol. The van der Waals surface area contributed by atoms with Gasteiger partial charge < -0.3 is 10.1 Å². The van der Waals surface area contributed by atoms with Crippen LogP contribution in [0.2, 0.25) is 5.02 Å². The molecule has 4 nitrogen and oxygen atoms in total. The lowest BCUT2D eigenvalue weighted by molar-refractivity contribution is -0.112. The summed E-state index contributed by atoms with van der Waals surface area (Å²) in [6, 6.07) is 5.12. The molecule has 102 valence electrons. The van der Waals surface area contributed by atoms with Gasteiger partial charge in [0, 0.05) is 12.3 Å². The molecular formula is C14H17ClN2O2. The summed E-state index contributed by atoms with van der Waals surface area (Å²) in [5, 5.41) is 3.16. The molecule has 1 N–H and O–H groups in total. The summed E-state index contributed by atoms with van der Waals surface area (Å²) in [6.07, 6.45) is 3.20. The number of hydrogen-bond donors (Lipinski definition) is 1. The van der Waals surface area contributed by atoms with Crippen LogP contribution >= 0.6 is 11.6 Å². The van der Waals surface area contributed by atoms with E-state index in [2.05, 4.69) is 10.3 Å². The number of allylic oxidation sites excluding steroid dienone is 1. The summed E-state index contributed by atoms with van der Waals surface area (Å²) in [5.74, 6) is 0.347. The van der Waals surface area contributed by atoms with Crippen molar-refractivity contribution in [2.75, 3.05) is 11.9 Å². The maximum atomic E-state index is 12.0. The molecule has 1 aromatic carbocycles. The number of nitrogens with zero attached hydrogens (tertiary/aromatic N) is 1. The molecule has 0 heterocycles. The van der Waals surface area contributed by atoms with Crippen molar-refractivity contribution >= 4 is 29.4 Å². The minimum absolute atomic E-state index is 0.309. The SMILES string of the molecule is CC=N/C(=C\C)C(=O)Nc1cc(OCC)ccc1Cl. The third-order valence-electron chi connectivity index (χ3n) is 2.27. The molecule has 0 fully saturated rings.